The molecule has 2 aliphatic rings. The lowest BCUT2D eigenvalue weighted by Gasteiger charge is -2.59. The lowest BCUT2D eigenvalue weighted by Crippen LogP contribution is -2.73. The summed E-state index contributed by atoms with van der Waals surface area (Å²) in [6, 6.07) is 20.3. The minimum absolute atomic E-state index is 0.0185. The van der Waals surface area contributed by atoms with Gasteiger partial charge >= 0.3 is 0 Å². The van der Waals surface area contributed by atoms with Crippen molar-refractivity contribution in [1.29, 1.82) is 0 Å². The highest BCUT2D eigenvalue weighted by Gasteiger charge is 2.54. The van der Waals surface area contributed by atoms with E-state index in [2.05, 4.69) is 54.4 Å². The molecule has 0 saturated carbocycles. The van der Waals surface area contributed by atoms with Crippen molar-refractivity contribution in [1.82, 2.24) is 14.8 Å². The third kappa shape index (κ3) is 3.80. The Morgan fingerprint density at radius 1 is 1.06 bits per heavy atom. The first kappa shape index (κ1) is 21.3. The predicted molar refractivity (Wildman–Crippen MR) is 126 cm³/mol. The number of carbonyl (C=O) groups is 2. The van der Waals surface area contributed by atoms with Crippen LogP contribution in [0.15, 0.2) is 73.1 Å². The number of amides is 2. The number of hydrogen-bond donors (Lipinski definition) is 0. The first-order valence-electron chi connectivity index (χ1n) is 11.2. The predicted octanol–water partition coefficient (Wildman–Crippen LogP) is 3.52. The Balaban J connectivity index is 1.41. The van der Waals surface area contributed by atoms with Crippen molar-refractivity contribution in [3.63, 3.8) is 0 Å². The molecule has 0 bridgehead atoms. The van der Waals surface area contributed by atoms with Gasteiger partial charge in [0.25, 0.3) is 5.91 Å². The molecule has 2 aliphatic heterocycles. The van der Waals surface area contributed by atoms with Gasteiger partial charge in [-0.15, -0.1) is 0 Å². The van der Waals surface area contributed by atoms with Crippen LogP contribution in [0.3, 0.4) is 0 Å². The van der Waals surface area contributed by atoms with Gasteiger partial charge in [-0.25, -0.2) is 0 Å². The van der Waals surface area contributed by atoms with E-state index in [4.69, 9.17) is 4.74 Å². The summed E-state index contributed by atoms with van der Waals surface area (Å²) in [5.74, 6) is -0.0365. The number of aromatic nitrogens is 1. The summed E-state index contributed by atoms with van der Waals surface area (Å²) in [5, 5.41) is 0. The summed E-state index contributed by atoms with van der Waals surface area (Å²) in [6.45, 7) is 3.20. The van der Waals surface area contributed by atoms with Crippen LogP contribution in [0.4, 0.5) is 0 Å². The smallest absolute Gasteiger partial charge is 0.254 e. The van der Waals surface area contributed by atoms with Crippen LogP contribution in [0.1, 0.15) is 27.4 Å². The number of pyridine rings is 1. The molecule has 3 heterocycles. The molecule has 2 saturated heterocycles. The topological polar surface area (TPSA) is 62.7 Å². The molecule has 2 amide bonds. The van der Waals surface area contributed by atoms with E-state index in [1.165, 1.54) is 22.3 Å². The molecule has 0 aliphatic carbocycles. The molecule has 0 radical (unpaired) electrons. The van der Waals surface area contributed by atoms with Gasteiger partial charge in [0.15, 0.2) is 0 Å². The molecule has 5 rings (SSSR count). The molecular weight excluding hydrogens is 414 g/mol. The summed E-state index contributed by atoms with van der Waals surface area (Å²) in [7, 11) is 1.67. The number of ether oxygens (including phenoxy) is 1. The normalized spacial score (nSPS) is 22.0. The van der Waals surface area contributed by atoms with E-state index in [9.17, 15) is 9.59 Å². The highest BCUT2D eigenvalue weighted by atomic mass is 16.5. The van der Waals surface area contributed by atoms with Gasteiger partial charge in [-0.05, 0) is 41.3 Å². The minimum atomic E-state index is -0.130. The Kier molecular flexibility index (Phi) is 5.68. The Bertz CT molecular complexity index is 1160. The largest absolute Gasteiger partial charge is 0.383 e. The molecule has 1 unspecified atom stereocenters. The van der Waals surface area contributed by atoms with E-state index in [1.807, 2.05) is 11.0 Å². The number of hydrogen-bond acceptors (Lipinski definition) is 4. The number of piperazine rings is 1. The third-order valence-electron chi connectivity index (χ3n) is 6.87. The van der Waals surface area contributed by atoms with Gasteiger partial charge in [-0.3, -0.25) is 14.6 Å². The quantitative estimate of drug-likeness (QED) is 0.608. The van der Waals surface area contributed by atoms with Gasteiger partial charge in [-0.1, -0.05) is 48.5 Å². The molecule has 6 nitrogen and oxygen atoms in total. The highest BCUT2D eigenvalue weighted by molar-refractivity contribution is 5.97. The van der Waals surface area contributed by atoms with E-state index in [0.29, 0.717) is 18.7 Å². The van der Waals surface area contributed by atoms with Crippen molar-refractivity contribution in [2.45, 2.75) is 24.9 Å². The Hall–Kier alpha value is -3.51. The van der Waals surface area contributed by atoms with Gasteiger partial charge in [-0.2, -0.15) is 0 Å². The average molecular weight is 442 g/mol. The minimum Gasteiger partial charge on any atom is -0.383 e. The second-order valence-corrected chi connectivity index (χ2v) is 8.78. The molecule has 168 valence electrons. The molecule has 0 spiro atoms. The molecule has 33 heavy (non-hydrogen) atoms. The van der Waals surface area contributed by atoms with Gasteiger partial charge in [0.1, 0.15) is 6.54 Å². The van der Waals surface area contributed by atoms with Crippen molar-refractivity contribution < 1.29 is 14.3 Å². The number of fused-ring (bicyclic) bond motifs is 1. The number of rotatable bonds is 5. The first-order chi connectivity index (χ1) is 16.1. The third-order valence-corrected chi connectivity index (χ3v) is 6.87. The van der Waals surface area contributed by atoms with Gasteiger partial charge in [0.2, 0.25) is 5.91 Å². The molecular formula is C27H27N3O3. The van der Waals surface area contributed by atoms with E-state index < -0.39 is 0 Å². The fraction of sp³-hybridized carbons (Fsp3) is 0.296. The molecule has 3 atom stereocenters. The zero-order chi connectivity index (χ0) is 22.9. The number of nitrogens with zero attached hydrogens (tertiary/aromatic N) is 3. The number of benzene rings is 2. The zero-order valence-electron chi connectivity index (χ0n) is 18.8. The second-order valence-electron chi connectivity index (χ2n) is 8.78. The molecule has 6 heteroatoms. The van der Waals surface area contributed by atoms with Gasteiger partial charge < -0.3 is 14.5 Å². The summed E-state index contributed by atoms with van der Waals surface area (Å²) in [6.07, 6.45) is 3.20. The van der Waals surface area contributed by atoms with E-state index in [-0.39, 0.29) is 36.4 Å². The summed E-state index contributed by atoms with van der Waals surface area (Å²) >= 11 is 0. The molecule has 2 fully saturated rings. The van der Waals surface area contributed by atoms with Crippen molar-refractivity contribution in [3.05, 3.63) is 89.7 Å². The van der Waals surface area contributed by atoms with E-state index in [0.717, 1.165) is 0 Å². The van der Waals surface area contributed by atoms with E-state index >= 15 is 0 Å². The lowest BCUT2D eigenvalue weighted by atomic mass is 9.73. The lowest BCUT2D eigenvalue weighted by molar-refractivity contribution is -0.160. The average Bonchev–Trinajstić information content (AvgIpc) is 2.83. The SMILES string of the molecule is COC[C@H]1C(c2ccc(-c3ccccc3C)cc2)[C@H]2CN(C(=O)c3ccncc3)CC(=O)N21. The van der Waals surface area contributed by atoms with Crippen molar-refractivity contribution in [3.8, 4) is 11.1 Å². The molecule has 1 aromatic heterocycles. The monoisotopic (exact) mass is 441 g/mol. The van der Waals surface area contributed by atoms with Crippen LogP contribution in [-0.4, -0.2) is 65.5 Å². The van der Waals surface area contributed by atoms with Gasteiger partial charge in [0, 0.05) is 37.5 Å². The van der Waals surface area contributed by atoms with Crippen molar-refractivity contribution >= 4 is 11.8 Å². The first-order valence-corrected chi connectivity index (χ1v) is 11.2. The summed E-state index contributed by atoms with van der Waals surface area (Å²) in [5.41, 5.74) is 5.35. The molecule has 0 N–H and O–H groups in total. The van der Waals surface area contributed by atoms with Crippen molar-refractivity contribution in [2.75, 3.05) is 26.8 Å². The maximum atomic E-state index is 13.0. The van der Waals surface area contributed by atoms with Gasteiger partial charge in [0.05, 0.1) is 18.7 Å². The van der Waals surface area contributed by atoms with Crippen LogP contribution in [0, 0.1) is 6.92 Å². The summed E-state index contributed by atoms with van der Waals surface area (Å²) in [4.78, 5) is 33.6. The highest BCUT2D eigenvalue weighted by Crippen LogP contribution is 2.43. The summed E-state index contributed by atoms with van der Waals surface area (Å²) < 4.78 is 5.47. The molecule has 2 aromatic carbocycles. The van der Waals surface area contributed by atoms with Crippen LogP contribution in [-0.2, 0) is 9.53 Å². The van der Waals surface area contributed by atoms with Crippen LogP contribution >= 0.6 is 0 Å². The maximum absolute atomic E-state index is 13.0. The van der Waals surface area contributed by atoms with Crippen LogP contribution in [0.25, 0.3) is 11.1 Å². The fourth-order valence-electron chi connectivity index (χ4n) is 5.27. The Morgan fingerprint density at radius 2 is 1.79 bits per heavy atom. The van der Waals surface area contributed by atoms with Crippen LogP contribution in [0.2, 0.25) is 0 Å². The second kappa shape index (κ2) is 8.79. The number of aryl methyl sites for hydroxylation is 1. The Labute approximate surface area is 193 Å². The fourth-order valence-corrected chi connectivity index (χ4v) is 5.27. The standard InChI is InChI=1S/C27H27N3O3/c1-18-5-3-4-6-22(18)19-7-9-20(10-8-19)26-23-15-29(27(32)21-11-13-28-14-12-21)16-25(31)30(23)24(26)17-33-2/h3-14,23-24,26H,15-17H2,1-2H3/t23-,24+,26?/m1/s1. The van der Waals surface area contributed by atoms with Crippen molar-refractivity contribution in [2.24, 2.45) is 0 Å². The van der Waals surface area contributed by atoms with E-state index in [1.54, 1.807) is 36.5 Å². The number of carbonyl (C=O) groups excluding carboxylic acids is 2. The maximum Gasteiger partial charge on any atom is 0.254 e. The zero-order valence-corrected chi connectivity index (χ0v) is 18.8. The van der Waals surface area contributed by atoms with Crippen LogP contribution < -0.4 is 0 Å². The number of methoxy groups -OCH3 is 1. The van der Waals surface area contributed by atoms with Crippen LogP contribution in [0.5, 0.6) is 0 Å². The Morgan fingerprint density at radius 3 is 2.48 bits per heavy atom. The molecule has 3 aromatic rings.